The highest BCUT2D eigenvalue weighted by molar-refractivity contribution is 6.01. The van der Waals surface area contributed by atoms with E-state index in [4.69, 9.17) is 14.6 Å². The van der Waals surface area contributed by atoms with Gasteiger partial charge in [0.15, 0.2) is 0 Å². The minimum absolute atomic E-state index is 0.148. The quantitative estimate of drug-likeness (QED) is 0.342. The van der Waals surface area contributed by atoms with Crippen LogP contribution in [0.15, 0.2) is 0 Å². The van der Waals surface area contributed by atoms with Crippen molar-refractivity contribution in [2.24, 2.45) is 0 Å². The maximum absolute atomic E-state index is 11.6. The largest absolute Gasteiger partial charge is 0.480 e. The molecule has 1 fully saturated rings. The van der Waals surface area contributed by atoms with Crippen molar-refractivity contribution in [3.8, 4) is 0 Å². The van der Waals surface area contributed by atoms with E-state index in [-0.39, 0.29) is 18.2 Å². The molecular weight excluding hydrogens is 410 g/mol. The van der Waals surface area contributed by atoms with Gasteiger partial charge >= 0.3 is 18.2 Å². The van der Waals surface area contributed by atoms with Crippen LogP contribution in [0.1, 0.15) is 73.6 Å². The Morgan fingerprint density at radius 1 is 0.935 bits per heavy atom. The lowest BCUT2D eigenvalue weighted by Crippen LogP contribution is -2.43. The van der Waals surface area contributed by atoms with Crippen molar-refractivity contribution in [3.05, 3.63) is 0 Å². The number of ether oxygens (including phenoxy) is 2. The van der Waals surface area contributed by atoms with Crippen LogP contribution in [0.4, 0.5) is 9.59 Å². The highest BCUT2D eigenvalue weighted by Crippen LogP contribution is 2.09. The van der Waals surface area contributed by atoms with Crippen molar-refractivity contribution in [2.75, 3.05) is 6.54 Å². The van der Waals surface area contributed by atoms with Crippen LogP contribution in [-0.2, 0) is 23.9 Å². The molecule has 1 heterocycles. The van der Waals surface area contributed by atoms with Gasteiger partial charge in [0.1, 0.15) is 17.2 Å². The zero-order valence-electron chi connectivity index (χ0n) is 19.1. The molecule has 0 radical (unpaired) electrons. The summed E-state index contributed by atoms with van der Waals surface area (Å²) in [5, 5.41) is 16.2. The number of aliphatic carboxylic acids is 1. The molecule has 11 nitrogen and oxygen atoms in total. The number of rotatable bonds is 7. The summed E-state index contributed by atoms with van der Waals surface area (Å²) in [4.78, 5) is 54.5. The van der Waals surface area contributed by atoms with Gasteiger partial charge in [-0.2, -0.15) is 0 Å². The average molecular weight is 446 g/mol. The third-order valence-electron chi connectivity index (χ3n) is 3.43. The molecule has 0 saturated carbocycles. The zero-order chi connectivity index (χ0) is 24.2. The number of amides is 4. The van der Waals surface area contributed by atoms with E-state index >= 15 is 0 Å². The Labute approximate surface area is 182 Å². The van der Waals surface area contributed by atoms with Crippen molar-refractivity contribution in [1.82, 2.24) is 16.0 Å². The van der Waals surface area contributed by atoms with E-state index < -0.39 is 35.4 Å². The first-order valence-corrected chi connectivity index (χ1v) is 10.1. The van der Waals surface area contributed by atoms with Crippen molar-refractivity contribution < 1.29 is 38.6 Å². The summed E-state index contributed by atoms with van der Waals surface area (Å²) in [5.74, 6) is -1.42. The minimum atomic E-state index is -1.12. The van der Waals surface area contributed by atoms with E-state index in [2.05, 4.69) is 16.0 Å². The number of hydrogen-bond donors (Lipinski definition) is 4. The lowest BCUT2D eigenvalue weighted by molar-refractivity contribution is -0.139. The van der Waals surface area contributed by atoms with Crippen molar-refractivity contribution in [1.29, 1.82) is 0 Å². The molecule has 178 valence electrons. The van der Waals surface area contributed by atoms with Gasteiger partial charge in [-0.1, -0.05) is 0 Å². The fourth-order valence-corrected chi connectivity index (χ4v) is 2.19. The highest BCUT2D eigenvalue weighted by atomic mass is 16.6. The summed E-state index contributed by atoms with van der Waals surface area (Å²) in [6.07, 6.45) is 0.801. The number of alkyl carbamates (subject to hydrolysis) is 2. The minimum Gasteiger partial charge on any atom is -0.480 e. The first kappa shape index (κ1) is 28.1. The molecule has 1 atom stereocenters. The highest BCUT2D eigenvalue weighted by Gasteiger charge is 2.23. The molecule has 0 spiro atoms. The first-order valence-electron chi connectivity index (χ1n) is 10.1. The van der Waals surface area contributed by atoms with Crippen LogP contribution in [0.25, 0.3) is 0 Å². The number of carbonyl (C=O) groups is 5. The van der Waals surface area contributed by atoms with Gasteiger partial charge in [-0.05, 0) is 60.8 Å². The fraction of sp³-hybridized carbons (Fsp3) is 0.750. The lowest BCUT2D eigenvalue weighted by Gasteiger charge is -2.22. The van der Waals surface area contributed by atoms with Gasteiger partial charge in [-0.15, -0.1) is 0 Å². The maximum Gasteiger partial charge on any atom is 0.408 e. The van der Waals surface area contributed by atoms with Gasteiger partial charge in [0.2, 0.25) is 11.8 Å². The van der Waals surface area contributed by atoms with E-state index in [1.165, 1.54) is 0 Å². The summed E-state index contributed by atoms with van der Waals surface area (Å²) < 4.78 is 10.1. The summed E-state index contributed by atoms with van der Waals surface area (Å²) in [6, 6.07) is -1.03. The van der Waals surface area contributed by atoms with E-state index in [0.29, 0.717) is 32.2 Å². The molecule has 4 amide bonds. The molecule has 1 rings (SSSR count). The van der Waals surface area contributed by atoms with E-state index in [1.807, 2.05) is 0 Å². The van der Waals surface area contributed by atoms with Gasteiger partial charge in [-0.25, -0.2) is 14.4 Å². The Hall–Kier alpha value is -2.85. The number of carboxylic acid groups (broad SMARTS) is 1. The Morgan fingerprint density at radius 2 is 1.42 bits per heavy atom. The number of imide groups is 1. The third kappa shape index (κ3) is 16.6. The molecule has 31 heavy (non-hydrogen) atoms. The summed E-state index contributed by atoms with van der Waals surface area (Å²) in [5.41, 5.74) is -1.25. The summed E-state index contributed by atoms with van der Waals surface area (Å²) in [6.45, 7) is 10.8. The van der Waals surface area contributed by atoms with Crippen molar-refractivity contribution in [2.45, 2.75) is 90.9 Å². The Morgan fingerprint density at radius 3 is 1.81 bits per heavy atom. The number of hydrogen-bond acceptors (Lipinski definition) is 7. The molecule has 1 saturated heterocycles. The smallest absolute Gasteiger partial charge is 0.408 e. The van der Waals surface area contributed by atoms with Gasteiger partial charge in [0.05, 0.1) is 0 Å². The molecule has 4 N–H and O–H groups in total. The van der Waals surface area contributed by atoms with E-state index in [1.54, 1.807) is 41.5 Å². The van der Waals surface area contributed by atoms with Gasteiger partial charge in [-0.3, -0.25) is 14.9 Å². The van der Waals surface area contributed by atoms with Crippen LogP contribution in [0.5, 0.6) is 0 Å². The van der Waals surface area contributed by atoms with Gasteiger partial charge in [0.25, 0.3) is 0 Å². The molecule has 11 heteroatoms. The molecule has 0 aromatic rings. The predicted octanol–water partition coefficient (Wildman–Crippen LogP) is 2.08. The third-order valence-corrected chi connectivity index (χ3v) is 3.43. The Kier molecular flexibility index (Phi) is 11.6. The van der Waals surface area contributed by atoms with Crippen LogP contribution in [0.2, 0.25) is 0 Å². The van der Waals surface area contributed by atoms with Crippen LogP contribution >= 0.6 is 0 Å². The van der Waals surface area contributed by atoms with Crippen LogP contribution in [0.3, 0.4) is 0 Å². The molecular formula is C20H35N3O8. The fourth-order valence-electron chi connectivity index (χ4n) is 2.19. The summed E-state index contributed by atoms with van der Waals surface area (Å²) in [7, 11) is 0. The normalized spacial score (nSPS) is 14.5. The second-order valence-corrected chi connectivity index (χ2v) is 8.93. The molecule has 0 aromatic heterocycles. The molecule has 0 aromatic carbocycles. The lowest BCUT2D eigenvalue weighted by atomic mass is 10.1. The van der Waals surface area contributed by atoms with Crippen molar-refractivity contribution >= 4 is 30.0 Å². The van der Waals surface area contributed by atoms with Crippen LogP contribution < -0.4 is 16.0 Å². The molecule has 0 aliphatic carbocycles. The number of carbonyl (C=O) groups excluding carboxylic acids is 4. The average Bonchev–Trinajstić information content (AvgIpc) is 2.93. The Balaban J connectivity index is 0.00000107. The topological polar surface area (TPSA) is 160 Å². The number of unbranched alkanes of at least 4 members (excludes halogenated alkanes) is 1. The second kappa shape index (κ2) is 12.8. The van der Waals surface area contributed by atoms with E-state index in [0.717, 1.165) is 0 Å². The molecule has 0 unspecified atom stereocenters. The number of carboxylic acids is 1. The van der Waals surface area contributed by atoms with Crippen LogP contribution in [0, 0.1) is 0 Å². The molecule has 1 aliphatic heterocycles. The monoisotopic (exact) mass is 445 g/mol. The van der Waals surface area contributed by atoms with E-state index in [9.17, 15) is 24.0 Å². The molecule has 0 bridgehead atoms. The Bertz CT molecular complexity index is 636. The van der Waals surface area contributed by atoms with Gasteiger partial charge in [0, 0.05) is 19.4 Å². The van der Waals surface area contributed by atoms with Crippen LogP contribution in [-0.4, -0.2) is 58.9 Å². The maximum atomic E-state index is 11.6. The standard InChI is InChI=1S/C16H30N2O6.C4H5NO2/c1-15(2,3)23-13(21)17-10-8-7-9-11(12(19)20)18-14(22)24-16(4,5)6;6-3-1-2-4(7)5-3/h11H,7-10H2,1-6H3,(H,17,21)(H,18,22)(H,19,20);1-2H2,(H,5,6,7)/t11-;/m0./s1. The summed E-state index contributed by atoms with van der Waals surface area (Å²) >= 11 is 0. The van der Waals surface area contributed by atoms with Gasteiger partial charge < -0.3 is 25.2 Å². The van der Waals surface area contributed by atoms with Crippen molar-refractivity contribution in [3.63, 3.8) is 0 Å². The zero-order valence-corrected chi connectivity index (χ0v) is 19.1. The predicted molar refractivity (Wildman–Crippen MR) is 111 cm³/mol. The second-order valence-electron chi connectivity index (χ2n) is 8.93. The SMILES string of the molecule is CC(C)(C)OC(=O)NCCCC[C@H](NC(=O)OC(C)(C)C)C(=O)O.O=C1CCC(=O)N1. The first-order chi connectivity index (χ1) is 14.1. The molecule has 1 aliphatic rings. The number of nitrogens with one attached hydrogen (secondary N) is 3.